The number of nitro groups is 1. The van der Waals surface area contributed by atoms with Crippen molar-refractivity contribution in [2.24, 2.45) is 0 Å². The van der Waals surface area contributed by atoms with E-state index < -0.39 is 0 Å². The van der Waals surface area contributed by atoms with Gasteiger partial charge in [-0.2, -0.15) is 0 Å². The van der Waals surface area contributed by atoms with Gasteiger partial charge in [0.15, 0.2) is 0 Å². The average Bonchev–Trinajstić information content (AvgIpc) is 2.83. The van der Waals surface area contributed by atoms with Gasteiger partial charge in [0, 0.05) is 23.3 Å². The van der Waals surface area contributed by atoms with Gasteiger partial charge in [0.2, 0.25) is 0 Å². The van der Waals surface area contributed by atoms with Crippen LogP contribution < -0.4 is 4.74 Å². The topological polar surface area (TPSA) is 52.4 Å². The number of nitrogens with zero attached hydrogens (tertiary/aromatic N) is 1. The summed E-state index contributed by atoms with van der Waals surface area (Å²) in [5.41, 5.74) is 5.62. The maximum Gasteiger partial charge on any atom is 0.269 e. The Labute approximate surface area is 178 Å². The second-order valence-electron chi connectivity index (χ2n) is 7.74. The highest BCUT2D eigenvalue weighted by Gasteiger charge is 2.22. The predicted molar refractivity (Wildman–Crippen MR) is 123 cm³/mol. The zero-order valence-electron chi connectivity index (χ0n) is 16.5. The van der Waals surface area contributed by atoms with Crippen LogP contribution in [0.5, 0.6) is 5.75 Å². The number of hydrogen-bond acceptors (Lipinski definition) is 3. The Kier molecular flexibility index (Phi) is 3.80. The van der Waals surface area contributed by atoms with E-state index in [4.69, 9.17) is 4.74 Å². The van der Waals surface area contributed by atoms with Crippen LogP contribution in [0.1, 0.15) is 5.56 Å². The summed E-state index contributed by atoms with van der Waals surface area (Å²) in [6.45, 7) is 0.516. The van der Waals surface area contributed by atoms with Gasteiger partial charge >= 0.3 is 0 Å². The fourth-order valence-corrected chi connectivity index (χ4v) is 4.62. The molecule has 0 unspecified atom stereocenters. The lowest BCUT2D eigenvalue weighted by Gasteiger charge is -2.24. The fourth-order valence-electron chi connectivity index (χ4n) is 4.62. The quantitative estimate of drug-likeness (QED) is 0.233. The Balaban J connectivity index is 1.58. The summed E-state index contributed by atoms with van der Waals surface area (Å²) < 4.78 is 6.18. The van der Waals surface area contributed by atoms with E-state index in [2.05, 4.69) is 60.7 Å². The molecule has 148 valence electrons. The first-order valence-electron chi connectivity index (χ1n) is 10.1. The Morgan fingerprint density at radius 3 is 2.35 bits per heavy atom. The van der Waals surface area contributed by atoms with Crippen molar-refractivity contribution < 1.29 is 9.66 Å². The number of benzene rings is 5. The molecule has 0 saturated carbocycles. The zero-order valence-corrected chi connectivity index (χ0v) is 16.5. The third kappa shape index (κ3) is 2.69. The summed E-state index contributed by atoms with van der Waals surface area (Å²) in [4.78, 5) is 10.6. The minimum absolute atomic E-state index is 0.0956. The molecular formula is C27H17NO3. The lowest BCUT2D eigenvalue weighted by molar-refractivity contribution is -0.384. The summed E-state index contributed by atoms with van der Waals surface area (Å²) in [6, 6.07) is 29.8. The second-order valence-corrected chi connectivity index (χ2v) is 7.74. The van der Waals surface area contributed by atoms with E-state index in [1.165, 1.54) is 21.9 Å². The Hall–Kier alpha value is -4.18. The number of rotatable bonds is 2. The highest BCUT2D eigenvalue weighted by atomic mass is 16.6. The van der Waals surface area contributed by atoms with E-state index in [-0.39, 0.29) is 10.6 Å². The number of fused-ring (bicyclic) bond motifs is 7. The van der Waals surface area contributed by atoms with Gasteiger partial charge in [-0.25, -0.2) is 0 Å². The third-order valence-electron chi connectivity index (χ3n) is 6.09. The molecule has 0 amide bonds. The molecule has 0 bridgehead atoms. The van der Waals surface area contributed by atoms with Crippen molar-refractivity contribution in [3.05, 3.63) is 107 Å². The third-order valence-corrected chi connectivity index (χ3v) is 6.09. The predicted octanol–water partition coefficient (Wildman–Crippen LogP) is 7.13. The first-order valence-corrected chi connectivity index (χ1v) is 10.1. The maximum absolute atomic E-state index is 11.0. The standard InChI is InChI=1S/C27H17NO3/c29-28(30)19-11-8-18(9-12-19)20-6-3-7-22-23(20)13-14-24-25(22)16-31-26-15-10-17-4-1-2-5-21(17)27(24)26/h1-15H,16H2. The molecule has 0 aliphatic carbocycles. The zero-order chi connectivity index (χ0) is 20.9. The van der Waals surface area contributed by atoms with Crippen molar-refractivity contribution in [3.63, 3.8) is 0 Å². The number of hydrogen-bond donors (Lipinski definition) is 0. The molecule has 1 aliphatic heterocycles. The second kappa shape index (κ2) is 6.67. The van der Waals surface area contributed by atoms with E-state index >= 15 is 0 Å². The van der Waals surface area contributed by atoms with Crippen LogP contribution in [0.4, 0.5) is 5.69 Å². The fraction of sp³-hybridized carbons (Fsp3) is 0.0370. The summed E-state index contributed by atoms with van der Waals surface area (Å²) in [5, 5.41) is 15.6. The Morgan fingerprint density at radius 1 is 0.710 bits per heavy atom. The molecule has 0 N–H and O–H groups in total. The normalized spacial score (nSPS) is 12.3. The van der Waals surface area contributed by atoms with Crippen LogP contribution in [0.25, 0.3) is 43.8 Å². The summed E-state index contributed by atoms with van der Waals surface area (Å²) in [6.07, 6.45) is 0. The van der Waals surface area contributed by atoms with Gasteiger partial charge < -0.3 is 4.74 Å². The summed E-state index contributed by atoms with van der Waals surface area (Å²) >= 11 is 0. The molecule has 0 saturated heterocycles. The van der Waals surface area contributed by atoms with Gasteiger partial charge in [-0.1, -0.05) is 60.7 Å². The molecule has 5 aromatic rings. The molecule has 0 spiro atoms. The molecule has 31 heavy (non-hydrogen) atoms. The van der Waals surface area contributed by atoms with Crippen LogP contribution in [0.3, 0.4) is 0 Å². The molecule has 5 aromatic carbocycles. The smallest absolute Gasteiger partial charge is 0.269 e. The minimum atomic E-state index is -0.373. The van der Waals surface area contributed by atoms with Crippen LogP contribution in [-0.2, 0) is 6.61 Å². The van der Waals surface area contributed by atoms with Crippen LogP contribution in [0.15, 0.2) is 91.0 Å². The van der Waals surface area contributed by atoms with Gasteiger partial charge in [0.25, 0.3) is 5.69 Å². The molecule has 1 aliphatic rings. The van der Waals surface area contributed by atoms with E-state index in [1.807, 2.05) is 18.2 Å². The lowest BCUT2D eigenvalue weighted by Crippen LogP contribution is -2.06. The van der Waals surface area contributed by atoms with Crippen LogP contribution in [0, 0.1) is 10.1 Å². The van der Waals surface area contributed by atoms with E-state index in [9.17, 15) is 10.1 Å². The molecule has 0 aromatic heterocycles. The van der Waals surface area contributed by atoms with Crippen LogP contribution in [0.2, 0.25) is 0 Å². The van der Waals surface area contributed by atoms with Gasteiger partial charge in [-0.15, -0.1) is 0 Å². The number of nitro benzene ring substituents is 1. The number of ether oxygens (including phenoxy) is 1. The summed E-state index contributed by atoms with van der Waals surface area (Å²) in [5.74, 6) is 0.914. The Morgan fingerprint density at radius 2 is 1.52 bits per heavy atom. The van der Waals surface area contributed by atoms with E-state index in [1.54, 1.807) is 12.1 Å². The molecule has 4 nitrogen and oxygen atoms in total. The average molecular weight is 403 g/mol. The monoisotopic (exact) mass is 403 g/mol. The first kappa shape index (κ1) is 17.7. The molecule has 6 rings (SSSR count). The van der Waals surface area contributed by atoms with Crippen LogP contribution >= 0.6 is 0 Å². The minimum Gasteiger partial charge on any atom is -0.488 e. The lowest BCUT2D eigenvalue weighted by atomic mass is 9.87. The Bertz CT molecular complexity index is 1500. The van der Waals surface area contributed by atoms with Gasteiger partial charge in [0.05, 0.1) is 4.92 Å². The molecular weight excluding hydrogens is 386 g/mol. The van der Waals surface area contributed by atoms with Gasteiger partial charge in [0.1, 0.15) is 12.4 Å². The maximum atomic E-state index is 11.0. The van der Waals surface area contributed by atoms with E-state index in [0.29, 0.717) is 6.61 Å². The van der Waals surface area contributed by atoms with Crippen molar-refractivity contribution in [2.75, 3.05) is 0 Å². The van der Waals surface area contributed by atoms with Crippen LogP contribution in [-0.4, -0.2) is 4.92 Å². The highest BCUT2D eigenvalue weighted by molar-refractivity contribution is 6.06. The van der Waals surface area contributed by atoms with Crippen molar-refractivity contribution in [1.82, 2.24) is 0 Å². The van der Waals surface area contributed by atoms with E-state index in [0.717, 1.165) is 33.2 Å². The van der Waals surface area contributed by atoms with Gasteiger partial charge in [-0.05, 0) is 56.4 Å². The first-order chi connectivity index (χ1) is 15.2. The summed E-state index contributed by atoms with van der Waals surface area (Å²) in [7, 11) is 0. The molecule has 0 atom stereocenters. The SMILES string of the molecule is O=[N+]([O-])c1ccc(-c2cccc3c4c(ccc23)-c2c(ccc3ccccc23)OC4)cc1. The highest BCUT2D eigenvalue weighted by Crippen LogP contribution is 2.45. The van der Waals surface area contributed by atoms with Crippen molar-refractivity contribution in [1.29, 1.82) is 0 Å². The molecule has 4 heteroatoms. The molecule has 0 fully saturated rings. The van der Waals surface area contributed by atoms with Crippen molar-refractivity contribution >= 4 is 27.2 Å². The van der Waals surface area contributed by atoms with Crippen molar-refractivity contribution in [3.8, 4) is 28.0 Å². The largest absolute Gasteiger partial charge is 0.488 e. The van der Waals surface area contributed by atoms with Crippen molar-refractivity contribution in [2.45, 2.75) is 6.61 Å². The molecule has 1 heterocycles. The number of non-ortho nitro benzene ring substituents is 1. The molecule has 0 radical (unpaired) electrons. The van der Waals surface area contributed by atoms with Gasteiger partial charge in [-0.3, -0.25) is 10.1 Å².